The maximum Gasteiger partial charge on any atom is 0.417 e. The minimum absolute atomic E-state index is 0.0117. The Bertz CT molecular complexity index is 1380. The number of likely N-dealkylation sites (tertiary alicyclic amines) is 1. The van der Waals surface area contributed by atoms with Crippen LogP contribution in [-0.4, -0.2) is 59.7 Å². The van der Waals surface area contributed by atoms with Gasteiger partial charge in [-0.15, -0.1) is 0 Å². The average Bonchev–Trinajstić information content (AvgIpc) is 3.37. The van der Waals surface area contributed by atoms with Gasteiger partial charge in [-0.2, -0.15) is 13.2 Å². The zero-order valence-electron chi connectivity index (χ0n) is 16.0. The molecule has 1 aliphatic rings. The van der Waals surface area contributed by atoms with Gasteiger partial charge < -0.3 is 14.4 Å². The van der Waals surface area contributed by atoms with E-state index >= 15 is 0 Å². The molecular weight excluding hydrogens is 433 g/mol. The fourth-order valence-corrected chi connectivity index (χ4v) is 3.26. The van der Waals surface area contributed by atoms with E-state index in [0.717, 1.165) is 22.7 Å². The number of hydrogen-bond donors (Lipinski definition) is 2. The number of amides is 1. The van der Waals surface area contributed by atoms with E-state index in [4.69, 9.17) is 4.42 Å². The summed E-state index contributed by atoms with van der Waals surface area (Å²) >= 11 is 0. The summed E-state index contributed by atoms with van der Waals surface area (Å²) in [7, 11) is 0. The second kappa shape index (κ2) is 7.02. The maximum atomic E-state index is 12.8. The first-order valence-corrected chi connectivity index (χ1v) is 9.29. The van der Waals surface area contributed by atoms with Gasteiger partial charge in [-0.05, 0) is 12.1 Å². The van der Waals surface area contributed by atoms with Gasteiger partial charge in [-0.25, -0.2) is 14.5 Å². The SMILES string of the molecule is O=C(c1cnc(-c2c[nH]n3c(=O)cc(-c4ccc(C(F)(F)F)cn4)nc23)o1)N1CC(O)C1. The number of halogens is 3. The molecule has 1 fully saturated rings. The minimum Gasteiger partial charge on any atom is -0.431 e. The van der Waals surface area contributed by atoms with Crippen LogP contribution in [0, 0.1) is 0 Å². The molecule has 0 spiro atoms. The molecule has 164 valence electrons. The summed E-state index contributed by atoms with van der Waals surface area (Å²) in [5.41, 5.74) is -0.970. The summed E-state index contributed by atoms with van der Waals surface area (Å²) in [5, 5.41) is 12.0. The van der Waals surface area contributed by atoms with Crippen molar-refractivity contribution in [3.8, 4) is 22.8 Å². The molecule has 10 nitrogen and oxygen atoms in total. The number of carbonyl (C=O) groups excluding carboxylic acids is 1. The van der Waals surface area contributed by atoms with E-state index in [0.29, 0.717) is 6.20 Å². The highest BCUT2D eigenvalue weighted by molar-refractivity contribution is 5.92. The lowest BCUT2D eigenvalue weighted by molar-refractivity contribution is -0.137. The molecule has 32 heavy (non-hydrogen) atoms. The minimum atomic E-state index is -4.54. The summed E-state index contributed by atoms with van der Waals surface area (Å²) in [5.74, 6) is -0.472. The van der Waals surface area contributed by atoms with Crippen molar-refractivity contribution in [1.82, 2.24) is 29.5 Å². The van der Waals surface area contributed by atoms with Crippen molar-refractivity contribution in [3.05, 3.63) is 58.5 Å². The molecule has 2 N–H and O–H groups in total. The quantitative estimate of drug-likeness (QED) is 0.489. The van der Waals surface area contributed by atoms with Crippen LogP contribution in [0.2, 0.25) is 0 Å². The van der Waals surface area contributed by atoms with Gasteiger partial charge >= 0.3 is 6.18 Å². The Morgan fingerprint density at radius 1 is 1.19 bits per heavy atom. The van der Waals surface area contributed by atoms with E-state index in [1.54, 1.807) is 0 Å². The molecule has 0 unspecified atom stereocenters. The first-order chi connectivity index (χ1) is 15.2. The predicted molar refractivity (Wildman–Crippen MR) is 101 cm³/mol. The number of aromatic nitrogens is 5. The van der Waals surface area contributed by atoms with Gasteiger partial charge in [-0.3, -0.25) is 19.7 Å². The highest BCUT2D eigenvalue weighted by Gasteiger charge is 2.32. The topological polar surface area (TPSA) is 130 Å². The number of aliphatic hydroxyl groups is 1. The van der Waals surface area contributed by atoms with Crippen molar-refractivity contribution in [1.29, 1.82) is 0 Å². The third kappa shape index (κ3) is 3.32. The Kier molecular flexibility index (Phi) is 4.37. The van der Waals surface area contributed by atoms with Crippen LogP contribution in [0.3, 0.4) is 0 Å². The first kappa shape index (κ1) is 19.9. The van der Waals surface area contributed by atoms with Crippen LogP contribution in [0.5, 0.6) is 0 Å². The molecule has 1 aliphatic heterocycles. The largest absolute Gasteiger partial charge is 0.431 e. The van der Waals surface area contributed by atoms with Crippen LogP contribution in [0.1, 0.15) is 16.1 Å². The van der Waals surface area contributed by atoms with Gasteiger partial charge in [0.2, 0.25) is 11.7 Å². The van der Waals surface area contributed by atoms with Crippen molar-refractivity contribution in [2.75, 3.05) is 13.1 Å². The summed E-state index contributed by atoms with van der Waals surface area (Å²) in [4.78, 5) is 38.3. The molecule has 4 aromatic heterocycles. The van der Waals surface area contributed by atoms with Gasteiger partial charge in [0.05, 0.1) is 34.8 Å². The van der Waals surface area contributed by atoms with Crippen molar-refractivity contribution in [2.45, 2.75) is 12.3 Å². The third-order valence-electron chi connectivity index (χ3n) is 4.95. The lowest BCUT2D eigenvalue weighted by atomic mass is 10.1. The number of alkyl halides is 3. The summed E-state index contributed by atoms with van der Waals surface area (Å²) in [6.45, 7) is 0.394. The van der Waals surface area contributed by atoms with E-state index in [2.05, 4.69) is 20.1 Å². The van der Waals surface area contributed by atoms with E-state index in [1.165, 1.54) is 17.3 Å². The van der Waals surface area contributed by atoms with Crippen LogP contribution in [0.25, 0.3) is 28.5 Å². The van der Waals surface area contributed by atoms with E-state index in [-0.39, 0.29) is 47.3 Å². The first-order valence-electron chi connectivity index (χ1n) is 9.29. The van der Waals surface area contributed by atoms with Crippen molar-refractivity contribution >= 4 is 11.6 Å². The lowest BCUT2D eigenvalue weighted by Gasteiger charge is -2.34. The van der Waals surface area contributed by atoms with E-state index in [9.17, 15) is 27.9 Å². The van der Waals surface area contributed by atoms with Crippen molar-refractivity contribution < 1.29 is 27.5 Å². The fraction of sp³-hybridized carbons (Fsp3) is 0.211. The molecule has 0 aliphatic carbocycles. The molecule has 0 bridgehead atoms. The highest BCUT2D eigenvalue weighted by Crippen LogP contribution is 2.30. The molecule has 5 rings (SSSR count). The normalized spacial score (nSPS) is 14.7. The maximum absolute atomic E-state index is 12.8. The summed E-state index contributed by atoms with van der Waals surface area (Å²) < 4.78 is 45.0. The molecule has 0 saturated carbocycles. The molecule has 4 aromatic rings. The molecule has 5 heterocycles. The molecule has 1 amide bonds. The zero-order valence-corrected chi connectivity index (χ0v) is 16.0. The van der Waals surface area contributed by atoms with Gasteiger partial charge in [-0.1, -0.05) is 0 Å². The summed E-state index contributed by atoms with van der Waals surface area (Å²) in [6.07, 6.45) is -1.81. The zero-order chi connectivity index (χ0) is 22.6. The monoisotopic (exact) mass is 446 g/mol. The number of rotatable bonds is 3. The molecule has 13 heteroatoms. The number of pyridine rings is 1. The second-order valence-electron chi connectivity index (χ2n) is 7.15. The Hall–Kier alpha value is -4.00. The number of β-amino-alcohol motifs (C(OH)–C–C–N with tert-alkyl or cyclic N) is 1. The van der Waals surface area contributed by atoms with Crippen molar-refractivity contribution in [2.24, 2.45) is 0 Å². The molecule has 0 aromatic carbocycles. The molecular formula is C19H13F3N6O4. The number of oxazole rings is 1. The van der Waals surface area contributed by atoms with E-state index in [1.807, 2.05) is 0 Å². The highest BCUT2D eigenvalue weighted by atomic mass is 19.4. The second-order valence-corrected chi connectivity index (χ2v) is 7.15. The van der Waals surface area contributed by atoms with Crippen LogP contribution >= 0.6 is 0 Å². The Morgan fingerprint density at radius 3 is 2.62 bits per heavy atom. The van der Waals surface area contributed by atoms with Gasteiger partial charge in [0.25, 0.3) is 11.5 Å². The van der Waals surface area contributed by atoms with E-state index < -0.39 is 29.3 Å². The average molecular weight is 446 g/mol. The number of H-pyrrole nitrogens is 1. The molecule has 0 atom stereocenters. The third-order valence-corrected chi connectivity index (χ3v) is 4.95. The number of aliphatic hydroxyl groups excluding tert-OH is 1. The number of aromatic amines is 1. The fourth-order valence-electron chi connectivity index (χ4n) is 3.26. The van der Waals surface area contributed by atoms with Gasteiger partial charge in [0.15, 0.2) is 5.65 Å². The standard InChI is InChI=1S/C19H13F3N6O4/c20-19(21,22)9-1-2-12(23-4-9)13-3-15(30)28-16(26-13)11(5-25-28)17-24-6-14(32-17)18(31)27-7-10(29)8-27/h1-6,10,25,29H,7-8H2. The van der Waals surface area contributed by atoms with Crippen LogP contribution < -0.4 is 5.56 Å². The number of fused-ring (bicyclic) bond motifs is 1. The molecule has 1 saturated heterocycles. The lowest BCUT2D eigenvalue weighted by Crippen LogP contribution is -2.53. The van der Waals surface area contributed by atoms with Crippen LogP contribution in [0.4, 0.5) is 13.2 Å². The van der Waals surface area contributed by atoms with Gasteiger partial charge in [0, 0.05) is 31.5 Å². The number of hydrogen-bond acceptors (Lipinski definition) is 7. The smallest absolute Gasteiger partial charge is 0.417 e. The van der Waals surface area contributed by atoms with Crippen LogP contribution in [-0.2, 0) is 6.18 Å². The predicted octanol–water partition coefficient (Wildman–Crippen LogP) is 1.58. The van der Waals surface area contributed by atoms with Crippen molar-refractivity contribution in [3.63, 3.8) is 0 Å². The molecule has 0 radical (unpaired) electrons. The Morgan fingerprint density at radius 2 is 1.97 bits per heavy atom. The number of carbonyl (C=O) groups is 1. The summed E-state index contributed by atoms with van der Waals surface area (Å²) in [6, 6.07) is 3.10. The Balaban J connectivity index is 1.51. The number of nitrogens with zero attached hydrogens (tertiary/aromatic N) is 5. The number of nitrogens with one attached hydrogen (secondary N) is 1. The van der Waals surface area contributed by atoms with Gasteiger partial charge in [0.1, 0.15) is 0 Å². The Labute approximate surface area is 175 Å². The van der Waals surface area contributed by atoms with Crippen LogP contribution in [0.15, 0.2) is 46.0 Å².